The van der Waals surface area contributed by atoms with Gasteiger partial charge in [-0.1, -0.05) is 49.4 Å². The molecule has 2 atom stereocenters. The maximum absolute atomic E-state index is 12.9. The summed E-state index contributed by atoms with van der Waals surface area (Å²) in [7, 11) is 0. The molecule has 1 aliphatic heterocycles. The minimum atomic E-state index is -0.424. The molecule has 28 heavy (non-hydrogen) atoms. The molecule has 0 fully saturated rings. The van der Waals surface area contributed by atoms with Crippen molar-refractivity contribution in [3.8, 4) is 0 Å². The molecule has 6 heteroatoms. The minimum absolute atomic E-state index is 0.151. The summed E-state index contributed by atoms with van der Waals surface area (Å²) in [4.78, 5) is 39.0. The second-order valence-corrected chi connectivity index (χ2v) is 6.86. The molecule has 2 aromatic rings. The Morgan fingerprint density at radius 2 is 1.82 bits per heavy atom. The molecule has 2 amide bonds. The molecule has 1 heterocycles. The molecular formula is C22H24N2O4. The van der Waals surface area contributed by atoms with Crippen LogP contribution in [0.5, 0.6) is 0 Å². The summed E-state index contributed by atoms with van der Waals surface area (Å²) in [6.45, 7) is 3.35. The number of ether oxygens (including phenoxy) is 1. The molecule has 0 saturated heterocycles. The van der Waals surface area contributed by atoms with E-state index >= 15 is 0 Å². The number of nitrogens with one attached hydrogen (secondary N) is 1. The van der Waals surface area contributed by atoms with Gasteiger partial charge < -0.3 is 15.0 Å². The first-order valence-electron chi connectivity index (χ1n) is 9.43. The molecule has 1 N–H and O–H groups in total. The number of para-hydroxylation sites is 2. The van der Waals surface area contributed by atoms with Crippen molar-refractivity contribution in [2.24, 2.45) is 0 Å². The van der Waals surface area contributed by atoms with Gasteiger partial charge in [-0.15, -0.1) is 0 Å². The molecule has 0 aromatic heterocycles. The van der Waals surface area contributed by atoms with Crippen LogP contribution < -0.4 is 10.2 Å². The summed E-state index contributed by atoms with van der Waals surface area (Å²) < 4.78 is 5.36. The number of anilines is 2. The van der Waals surface area contributed by atoms with Crippen molar-refractivity contribution < 1.29 is 19.1 Å². The number of amides is 2. The van der Waals surface area contributed by atoms with Crippen molar-refractivity contribution in [3.05, 3.63) is 60.2 Å². The lowest BCUT2D eigenvalue weighted by atomic mass is 9.97. The van der Waals surface area contributed by atoms with E-state index in [-0.39, 0.29) is 30.9 Å². The molecule has 0 unspecified atom stereocenters. The molecule has 3 rings (SSSR count). The van der Waals surface area contributed by atoms with Crippen LogP contribution in [0.4, 0.5) is 11.4 Å². The highest BCUT2D eigenvalue weighted by molar-refractivity contribution is 6.05. The van der Waals surface area contributed by atoms with Crippen LogP contribution in [0.25, 0.3) is 0 Å². The smallest absolute Gasteiger partial charge is 0.313 e. The van der Waals surface area contributed by atoms with Gasteiger partial charge in [0.2, 0.25) is 5.91 Å². The second-order valence-electron chi connectivity index (χ2n) is 6.86. The van der Waals surface area contributed by atoms with Gasteiger partial charge in [0.15, 0.2) is 6.61 Å². The van der Waals surface area contributed by atoms with Gasteiger partial charge in [-0.2, -0.15) is 0 Å². The Labute approximate surface area is 164 Å². The largest absolute Gasteiger partial charge is 0.455 e. The molecule has 1 aliphatic rings. The van der Waals surface area contributed by atoms with Crippen LogP contribution in [0.2, 0.25) is 0 Å². The molecule has 146 valence electrons. The number of rotatable bonds is 5. The number of benzene rings is 2. The highest BCUT2D eigenvalue weighted by Gasteiger charge is 2.30. The van der Waals surface area contributed by atoms with E-state index in [4.69, 9.17) is 4.74 Å². The maximum atomic E-state index is 12.9. The third kappa shape index (κ3) is 4.22. The summed E-state index contributed by atoms with van der Waals surface area (Å²) in [5.74, 6) is -1.34. The quantitative estimate of drug-likeness (QED) is 0.806. The van der Waals surface area contributed by atoms with Crippen molar-refractivity contribution in [1.29, 1.82) is 0 Å². The maximum Gasteiger partial charge on any atom is 0.313 e. The van der Waals surface area contributed by atoms with Gasteiger partial charge in [-0.3, -0.25) is 14.4 Å². The van der Waals surface area contributed by atoms with Crippen LogP contribution in [-0.4, -0.2) is 30.4 Å². The van der Waals surface area contributed by atoms with E-state index in [1.54, 1.807) is 31.2 Å². The predicted octanol–water partition coefficient (Wildman–Crippen LogP) is 3.49. The lowest BCUT2D eigenvalue weighted by Gasteiger charge is -2.27. The molecule has 0 bridgehead atoms. The molecule has 0 saturated carbocycles. The van der Waals surface area contributed by atoms with Gasteiger partial charge in [-0.05, 0) is 31.0 Å². The summed E-state index contributed by atoms with van der Waals surface area (Å²) in [5.41, 5.74) is 2.05. The predicted molar refractivity (Wildman–Crippen MR) is 107 cm³/mol. The van der Waals surface area contributed by atoms with Gasteiger partial charge in [0.1, 0.15) is 0 Å². The molecule has 6 nitrogen and oxygen atoms in total. The number of esters is 1. The number of fused-ring (bicyclic) bond motifs is 1. The Bertz CT molecular complexity index is 866. The zero-order chi connectivity index (χ0) is 20.1. The van der Waals surface area contributed by atoms with Gasteiger partial charge in [0.25, 0.3) is 5.91 Å². The highest BCUT2D eigenvalue weighted by atomic mass is 16.5. The van der Waals surface area contributed by atoms with Gasteiger partial charge >= 0.3 is 5.97 Å². The van der Waals surface area contributed by atoms with Crippen molar-refractivity contribution in [2.45, 2.75) is 38.6 Å². The third-order valence-corrected chi connectivity index (χ3v) is 4.86. The highest BCUT2D eigenvalue weighted by Crippen LogP contribution is 2.31. The first-order valence-corrected chi connectivity index (χ1v) is 9.43. The second kappa shape index (κ2) is 8.69. The number of hydrogen-bond donors (Lipinski definition) is 1. The normalized spacial score (nSPS) is 17.1. The van der Waals surface area contributed by atoms with E-state index in [9.17, 15) is 14.4 Å². The minimum Gasteiger partial charge on any atom is -0.455 e. The fourth-order valence-electron chi connectivity index (χ4n) is 3.49. The molecule has 0 aliphatic carbocycles. The van der Waals surface area contributed by atoms with E-state index in [0.717, 1.165) is 5.56 Å². The SMILES string of the molecule is CC[C@H](C(=O)OCC(=O)N1c2ccccc2NC(=O)C[C@H]1C)c1ccccc1. The average Bonchev–Trinajstić information content (AvgIpc) is 2.81. The van der Waals surface area contributed by atoms with Crippen molar-refractivity contribution in [2.75, 3.05) is 16.8 Å². The van der Waals surface area contributed by atoms with E-state index < -0.39 is 11.9 Å². The van der Waals surface area contributed by atoms with Crippen LogP contribution in [0.15, 0.2) is 54.6 Å². The number of carbonyl (C=O) groups is 3. The summed E-state index contributed by atoms with van der Waals surface area (Å²) in [6.07, 6.45) is 0.758. The van der Waals surface area contributed by atoms with Gasteiger partial charge in [0, 0.05) is 12.5 Å². The molecule has 0 radical (unpaired) electrons. The summed E-state index contributed by atoms with van der Waals surface area (Å²) in [5, 5.41) is 2.81. The number of hydrogen-bond acceptors (Lipinski definition) is 4. The van der Waals surface area contributed by atoms with Gasteiger partial charge in [-0.25, -0.2) is 0 Å². The zero-order valence-corrected chi connectivity index (χ0v) is 16.1. The zero-order valence-electron chi connectivity index (χ0n) is 16.1. The van der Waals surface area contributed by atoms with E-state index in [1.165, 1.54) is 4.90 Å². The fourth-order valence-corrected chi connectivity index (χ4v) is 3.49. The van der Waals surface area contributed by atoms with E-state index in [0.29, 0.717) is 17.8 Å². The fraction of sp³-hybridized carbons (Fsp3) is 0.318. The first kappa shape index (κ1) is 19.6. The van der Waals surface area contributed by atoms with E-state index in [2.05, 4.69) is 5.32 Å². The Kier molecular flexibility index (Phi) is 6.09. The Morgan fingerprint density at radius 3 is 2.54 bits per heavy atom. The monoisotopic (exact) mass is 380 g/mol. The summed E-state index contributed by atoms with van der Waals surface area (Å²) >= 11 is 0. The standard InChI is InChI=1S/C22H24N2O4/c1-3-17(16-9-5-4-6-10-16)22(27)28-14-21(26)24-15(2)13-20(25)23-18-11-7-8-12-19(18)24/h4-12,15,17H,3,13-14H2,1-2H3,(H,23,25)/t15-,17+/m1/s1. The molecular weight excluding hydrogens is 356 g/mol. The van der Waals surface area contributed by atoms with Crippen molar-refractivity contribution >= 4 is 29.2 Å². The van der Waals surface area contributed by atoms with Crippen LogP contribution in [0.1, 0.15) is 38.2 Å². The number of nitrogens with zero attached hydrogens (tertiary/aromatic N) is 1. The van der Waals surface area contributed by atoms with Crippen LogP contribution in [-0.2, 0) is 19.1 Å². The van der Waals surface area contributed by atoms with E-state index in [1.807, 2.05) is 37.3 Å². The van der Waals surface area contributed by atoms with Crippen LogP contribution >= 0.6 is 0 Å². The van der Waals surface area contributed by atoms with Crippen LogP contribution in [0.3, 0.4) is 0 Å². The van der Waals surface area contributed by atoms with Crippen LogP contribution in [0, 0.1) is 0 Å². The average molecular weight is 380 g/mol. The Morgan fingerprint density at radius 1 is 1.14 bits per heavy atom. The Balaban J connectivity index is 1.73. The third-order valence-electron chi connectivity index (χ3n) is 4.86. The van der Waals surface area contributed by atoms with Gasteiger partial charge in [0.05, 0.1) is 17.3 Å². The van der Waals surface area contributed by atoms with Crippen molar-refractivity contribution in [3.63, 3.8) is 0 Å². The molecule has 2 aromatic carbocycles. The Hall–Kier alpha value is -3.15. The lowest BCUT2D eigenvalue weighted by molar-refractivity contribution is -0.149. The number of carbonyl (C=O) groups excluding carboxylic acids is 3. The molecule has 0 spiro atoms. The summed E-state index contributed by atoms with van der Waals surface area (Å²) in [6, 6.07) is 16.2. The first-order chi connectivity index (χ1) is 13.5. The van der Waals surface area contributed by atoms with Crippen molar-refractivity contribution in [1.82, 2.24) is 0 Å². The topological polar surface area (TPSA) is 75.7 Å². The lowest BCUT2D eigenvalue weighted by Crippen LogP contribution is -2.41.